The van der Waals surface area contributed by atoms with Gasteiger partial charge in [0.25, 0.3) is 0 Å². The molecular formula is C11H10FN3O. The minimum absolute atomic E-state index is 0.288. The minimum Gasteiger partial charge on any atom is -0.296 e. The lowest BCUT2D eigenvalue weighted by atomic mass is 10.3. The van der Waals surface area contributed by atoms with E-state index in [9.17, 15) is 9.18 Å². The Labute approximate surface area is 91.5 Å². The summed E-state index contributed by atoms with van der Waals surface area (Å²) in [5.74, 6) is -0.647. The Kier molecular flexibility index (Phi) is 2.52. The molecule has 0 aliphatic carbocycles. The van der Waals surface area contributed by atoms with Gasteiger partial charge in [-0.1, -0.05) is 0 Å². The van der Waals surface area contributed by atoms with Crippen LogP contribution in [0.15, 0.2) is 29.5 Å². The number of nitrogens with zero attached hydrogens (tertiary/aromatic N) is 3. The lowest BCUT2D eigenvalue weighted by Gasteiger charge is -2.00. The summed E-state index contributed by atoms with van der Waals surface area (Å²) in [6, 6.07) is 2.91. The number of carbonyl (C=O) groups excluding carboxylic acids is 1. The first-order valence-electron chi connectivity index (χ1n) is 4.77. The van der Waals surface area contributed by atoms with Crippen LogP contribution in [0, 0.1) is 5.82 Å². The standard InChI is InChI=1S/C11H10FN3O/c1-7(14-8(2)16)10-5-13-11-4-3-9(12)6-15(10)11/h3-6H,1-2H3. The molecule has 0 saturated carbocycles. The minimum atomic E-state index is -0.359. The maximum atomic E-state index is 13.1. The molecule has 2 rings (SSSR count). The third kappa shape index (κ3) is 1.84. The number of carbonyl (C=O) groups is 1. The highest BCUT2D eigenvalue weighted by Crippen LogP contribution is 2.09. The average molecular weight is 219 g/mol. The lowest BCUT2D eigenvalue weighted by molar-refractivity contribution is -0.115. The van der Waals surface area contributed by atoms with E-state index in [-0.39, 0.29) is 11.7 Å². The highest BCUT2D eigenvalue weighted by molar-refractivity contribution is 6.03. The molecule has 0 bridgehead atoms. The zero-order valence-electron chi connectivity index (χ0n) is 8.94. The van der Waals surface area contributed by atoms with Gasteiger partial charge in [0.2, 0.25) is 5.91 Å². The Hall–Kier alpha value is -2.04. The Morgan fingerprint density at radius 1 is 1.44 bits per heavy atom. The fourth-order valence-electron chi connectivity index (χ4n) is 1.52. The van der Waals surface area contributed by atoms with Crippen LogP contribution in [0.2, 0.25) is 0 Å². The molecule has 0 aliphatic rings. The van der Waals surface area contributed by atoms with Crippen LogP contribution in [0.4, 0.5) is 4.39 Å². The van der Waals surface area contributed by atoms with E-state index in [1.165, 1.54) is 19.2 Å². The van der Waals surface area contributed by atoms with Gasteiger partial charge in [0, 0.05) is 13.1 Å². The number of aliphatic imine (C=N–C) groups is 1. The number of hydrogen-bond donors (Lipinski definition) is 0. The van der Waals surface area contributed by atoms with Crippen molar-refractivity contribution in [2.24, 2.45) is 4.99 Å². The molecule has 2 heterocycles. The highest BCUT2D eigenvalue weighted by Gasteiger charge is 2.07. The first kappa shape index (κ1) is 10.5. The predicted octanol–water partition coefficient (Wildman–Crippen LogP) is 1.83. The second-order valence-corrected chi connectivity index (χ2v) is 3.44. The monoisotopic (exact) mass is 219 g/mol. The maximum Gasteiger partial charge on any atom is 0.242 e. The smallest absolute Gasteiger partial charge is 0.242 e. The molecule has 16 heavy (non-hydrogen) atoms. The number of pyridine rings is 1. The number of rotatable bonds is 1. The average Bonchev–Trinajstić information content (AvgIpc) is 2.59. The van der Waals surface area contributed by atoms with Crippen LogP contribution in [0.5, 0.6) is 0 Å². The van der Waals surface area contributed by atoms with E-state index in [1.54, 1.807) is 23.6 Å². The summed E-state index contributed by atoms with van der Waals surface area (Å²) in [6.07, 6.45) is 2.88. The van der Waals surface area contributed by atoms with Crippen LogP contribution >= 0.6 is 0 Å². The van der Waals surface area contributed by atoms with Crippen molar-refractivity contribution in [3.63, 3.8) is 0 Å². The molecule has 0 fully saturated rings. The normalized spacial score (nSPS) is 12.1. The van der Waals surface area contributed by atoms with Gasteiger partial charge in [0.05, 0.1) is 17.6 Å². The zero-order valence-corrected chi connectivity index (χ0v) is 8.94. The fraction of sp³-hybridized carbons (Fsp3) is 0.182. The molecule has 1 amide bonds. The van der Waals surface area contributed by atoms with Crippen molar-refractivity contribution >= 4 is 17.3 Å². The third-order valence-electron chi connectivity index (χ3n) is 2.17. The molecule has 0 spiro atoms. The van der Waals surface area contributed by atoms with Crippen molar-refractivity contribution in [3.8, 4) is 0 Å². The van der Waals surface area contributed by atoms with Crippen LogP contribution in [-0.4, -0.2) is 21.0 Å². The van der Waals surface area contributed by atoms with Gasteiger partial charge in [0.1, 0.15) is 11.5 Å². The number of aromatic nitrogens is 2. The van der Waals surface area contributed by atoms with E-state index in [0.29, 0.717) is 17.1 Å². The van der Waals surface area contributed by atoms with Crippen LogP contribution in [-0.2, 0) is 4.79 Å². The fourth-order valence-corrected chi connectivity index (χ4v) is 1.52. The van der Waals surface area contributed by atoms with Crippen LogP contribution in [0.3, 0.4) is 0 Å². The van der Waals surface area contributed by atoms with Crippen molar-refractivity contribution in [1.29, 1.82) is 0 Å². The molecule has 0 aromatic carbocycles. The quantitative estimate of drug-likeness (QED) is 0.687. The van der Waals surface area contributed by atoms with Crippen molar-refractivity contribution in [3.05, 3.63) is 36.0 Å². The van der Waals surface area contributed by atoms with Gasteiger partial charge < -0.3 is 0 Å². The van der Waals surface area contributed by atoms with Crippen molar-refractivity contribution in [1.82, 2.24) is 9.38 Å². The summed E-state index contributed by atoms with van der Waals surface area (Å²) >= 11 is 0. The van der Waals surface area contributed by atoms with Crippen molar-refractivity contribution in [2.75, 3.05) is 0 Å². The van der Waals surface area contributed by atoms with Gasteiger partial charge in [0.15, 0.2) is 0 Å². The second kappa shape index (κ2) is 3.84. The Bertz CT molecular complexity index is 586. The van der Waals surface area contributed by atoms with Gasteiger partial charge in [-0.2, -0.15) is 0 Å². The topological polar surface area (TPSA) is 46.7 Å². The van der Waals surface area contributed by atoms with Gasteiger partial charge in [-0.05, 0) is 19.1 Å². The first-order chi connectivity index (χ1) is 7.58. The molecule has 2 aromatic heterocycles. The van der Waals surface area contributed by atoms with E-state index >= 15 is 0 Å². The zero-order chi connectivity index (χ0) is 11.7. The summed E-state index contributed by atoms with van der Waals surface area (Å²) in [7, 11) is 0. The van der Waals surface area contributed by atoms with Crippen LogP contribution in [0.1, 0.15) is 19.5 Å². The first-order valence-corrected chi connectivity index (χ1v) is 4.77. The van der Waals surface area contributed by atoms with E-state index in [0.717, 1.165) is 0 Å². The summed E-state index contributed by atoms with van der Waals surface area (Å²) in [5, 5.41) is 0. The van der Waals surface area contributed by atoms with E-state index in [2.05, 4.69) is 9.98 Å². The second-order valence-electron chi connectivity index (χ2n) is 3.44. The van der Waals surface area contributed by atoms with Gasteiger partial charge in [-0.25, -0.2) is 14.4 Å². The van der Waals surface area contributed by atoms with Gasteiger partial charge >= 0.3 is 0 Å². The highest BCUT2D eigenvalue weighted by atomic mass is 19.1. The molecule has 4 nitrogen and oxygen atoms in total. The number of amides is 1. The molecular weight excluding hydrogens is 209 g/mol. The Morgan fingerprint density at radius 3 is 2.88 bits per heavy atom. The van der Waals surface area contributed by atoms with Crippen LogP contribution in [0.25, 0.3) is 5.65 Å². The Morgan fingerprint density at radius 2 is 2.19 bits per heavy atom. The maximum absolute atomic E-state index is 13.1. The molecule has 0 N–H and O–H groups in total. The number of halogens is 1. The lowest BCUT2D eigenvalue weighted by Crippen LogP contribution is -2.03. The molecule has 5 heteroatoms. The van der Waals surface area contributed by atoms with Crippen molar-refractivity contribution in [2.45, 2.75) is 13.8 Å². The number of imidazole rings is 1. The molecule has 0 atom stereocenters. The third-order valence-corrected chi connectivity index (χ3v) is 2.17. The predicted molar refractivity (Wildman–Crippen MR) is 58.0 cm³/mol. The van der Waals surface area contributed by atoms with E-state index in [4.69, 9.17) is 0 Å². The summed E-state index contributed by atoms with van der Waals surface area (Å²) in [5.41, 5.74) is 1.75. The Balaban J connectivity index is 2.61. The molecule has 0 saturated heterocycles. The van der Waals surface area contributed by atoms with E-state index < -0.39 is 0 Å². The largest absolute Gasteiger partial charge is 0.296 e. The van der Waals surface area contributed by atoms with Crippen LogP contribution < -0.4 is 0 Å². The van der Waals surface area contributed by atoms with Gasteiger partial charge in [-0.3, -0.25) is 9.20 Å². The van der Waals surface area contributed by atoms with Gasteiger partial charge in [-0.15, -0.1) is 0 Å². The SMILES string of the molecule is CC(=O)N=C(C)c1cnc2ccc(F)cn12. The molecule has 2 aromatic rings. The molecule has 0 radical (unpaired) electrons. The number of hydrogen-bond acceptors (Lipinski definition) is 2. The summed E-state index contributed by atoms with van der Waals surface area (Å²) in [6.45, 7) is 3.06. The van der Waals surface area contributed by atoms with E-state index in [1.807, 2.05) is 0 Å². The summed E-state index contributed by atoms with van der Waals surface area (Å²) in [4.78, 5) is 18.7. The molecule has 82 valence electrons. The number of fused-ring (bicyclic) bond motifs is 1. The molecule has 0 aliphatic heterocycles. The molecule has 0 unspecified atom stereocenters. The van der Waals surface area contributed by atoms with Crippen molar-refractivity contribution < 1.29 is 9.18 Å². The summed E-state index contributed by atoms with van der Waals surface area (Å²) < 4.78 is 14.6.